The van der Waals surface area contributed by atoms with Gasteiger partial charge in [-0.05, 0) is 29.6 Å². The van der Waals surface area contributed by atoms with E-state index in [9.17, 15) is 23.6 Å². The van der Waals surface area contributed by atoms with Gasteiger partial charge in [-0.2, -0.15) is 0 Å². The summed E-state index contributed by atoms with van der Waals surface area (Å²) in [6, 6.07) is 2.62. The molecule has 0 saturated carbocycles. The lowest BCUT2D eigenvalue weighted by Crippen LogP contribution is -2.46. The van der Waals surface area contributed by atoms with Crippen molar-refractivity contribution >= 4 is 51.4 Å². The minimum atomic E-state index is -1.11. The zero-order valence-corrected chi connectivity index (χ0v) is 16.0. The Kier molecular flexibility index (Phi) is 5.14. The fraction of sp³-hybridized carbons (Fsp3) is 0.353. The molecule has 2 fully saturated rings. The molecule has 1 unspecified atom stereocenters. The number of aromatic nitrogens is 1. The van der Waals surface area contributed by atoms with E-state index in [1.807, 2.05) is 0 Å². The summed E-state index contributed by atoms with van der Waals surface area (Å²) >= 11 is 0.975. The van der Waals surface area contributed by atoms with Crippen LogP contribution in [-0.4, -0.2) is 46.3 Å². The molecule has 2 atom stereocenters. The van der Waals surface area contributed by atoms with E-state index >= 15 is 0 Å². The number of rotatable bonds is 5. The maximum absolute atomic E-state index is 14.6. The van der Waals surface area contributed by atoms with Crippen LogP contribution in [0.25, 0.3) is 21.4 Å². The van der Waals surface area contributed by atoms with Crippen LogP contribution in [0.15, 0.2) is 21.8 Å². The molecule has 1 aromatic carbocycles. The van der Waals surface area contributed by atoms with Crippen molar-refractivity contribution in [2.75, 3.05) is 18.0 Å². The van der Waals surface area contributed by atoms with E-state index in [1.54, 1.807) is 0 Å². The predicted molar refractivity (Wildman–Crippen MR) is 102 cm³/mol. The van der Waals surface area contributed by atoms with Crippen LogP contribution in [0.2, 0.25) is 0 Å². The lowest BCUT2D eigenvalue weighted by Gasteiger charge is -2.19. The quantitative estimate of drug-likeness (QED) is 0.249. The van der Waals surface area contributed by atoms with Gasteiger partial charge in [0.25, 0.3) is 5.24 Å². The Bertz CT molecular complexity index is 1120. The molecule has 2 saturated heterocycles. The first-order valence-electron chi connectivity index (χ1n) is 8.80. The van der Waals surface area contributed by atoms with E-state index in [-0.39, 0.29) is 46.8 Å². The van der Waals surface area contributed by atoms with Gasteiger partial charge in [0, 0.05) is 23.3 Å². The lowest BCUT2D eigenvalue weighted by molar-refractivity contribution is -0.143. The average molecular weight is 432 g/mol. The molecule has 3 amide bonds. The summed E-state index contributed by atoms with van der Waals surface area (Å²) in [5.74, 6) is -3.70. The number of piperidine rings is 1. The highest BCUT2D eigenvalue weighted by molar-refractivity contribution is 8.14. The molecule has 2 aliphatic rings. The third-order valence-corrected chi connectivity index (χ3v) is 5.84. The Morgan fingerprint density at radius 2 is 2.17 bits per heavy atom. The Morgan fingerprint density at radius 1 is 1.37 bits per heavy atom. The van der Waals surface area contributed by atoms with Crippen LogP contribution in [0.5, 0.6) is 0 Å². The first kappa shape index (κ1) is 19.9. The van der Waals surface area contributed by atoms with E-state index in [4.69, 9.17) is 10.1 Å². The molecular weight excluding hydrogens is 419 g/mol. The number of azide groups is 1. The van der Waals surface area contributed by atoms with Crippen molar-refractivity contribution in [1.82, 2.24) is 10.5 Å². The van der Waals surface area contributed by atoms with Gasteiger partial charge in [0.15, 0.2) is 17.4 Å². The SMILES string of the molecule is [N-]=[N+]=NC[C@H]1CN(c2noc3c(F)cc(CC4C(=O)CC(=O)NC4=O)cc23)C(=O)S1. The minimum Gasteiger partial charge on any atom is -0.351 e. The van der Waals surface area contributed by atoms with Gasteiger partial charge in [-0.3, -0.25) is 29.4 Å². The highest BCUT2D eigenvalue weighted by atomic mass is 32.2. The third kappa shape index (κ3) is 3.60. The van der Waals surface area contributed by atoms with E-state index in [2.05, 4.69) is 20.5 Å². The van der Waals surface area contributed by atoms with Crippen molar-refractivity contribution in [2.45, 2.75) is 18.1 Å². The van der Waals surface area contributed by atoms with Crippen LogP contribution >= 0.6 is 11.8 Å². The molecule has 13 heteroatoms. The largest absolute Gasteiger partial charge is 0.351 e. The maximum atomic E-state index is 14.6. The lowest BCUT2D eigenvalue weighted by atomic mass is 9.89. The molecule has 30 heavy (non-hydrogen) atoms. The fourth-order valence-electron chi connectivity index (χ4n) is 3.41. The number of halogens is 1. The predicted octanol–water partition coefficient (Wildman–Crippen LogP) is 2.09. The van der Waals surface area contributed by atoms with Gasteiger partial charge >= 0.3 is 0 Å². The second kappa shape index (κ2) is 7.76. The number of Topliss-reactive ketones (excluding diaryl/α,β-unsaturated/α-hetero) is 1. The average Bonchev–Trinajstić information content (AvgIpc) is 3.26. The molecule has 1 N–H and O–H groups in total. The molecule has 0 radical (unpaired) electrons. The minimum absolute atomic E-state index is 0.0984. The van der Waals surface area contributed by atoms with Crippen LogP contribution < -0.4 is 10.2 Å². The van der Waals surface area contributed by atoms with Crippen molar-refractivity contribution in [1.29, 1.82) is 0 Å². The van der Waals surface area contributed by atoms with Gasteiger partial charge in [-0.15, -0.1) is 0 Å². The van der Waals surface area contributed by atoms with Gasteiger partial charge in [0.05, 0.1) is 11.8 Å². The summed E-state index contributed by atoms with van der Waals surface area (Å²) < 4.78 is 19.6. The molecule has 1 aromatic heterocycles. The first-order chi connectivity index (χ1) is 14.4. The van der Waals surface area contributed by atoms with Gasteiger partial charge in [-0.1, -0.05) is 22.0 Å². The highest BCUT2D eigenvalue weighted by Crippen LogP contribution is 2.36. The number of carbonyl (C=O) groups is 4. The summed E-state index contributed by atoms with van der Waals surface area (Å²) in [6.07, 6.45) is -0.524. The standard InChI is InChI=1S/C17H13FN6O5S/c18-11-3-7(1-9-12(25)4-13(26)21-16(9)27)2-10-14(11)29-22-15(10)24-6-8(5-20-23-19)30-17(24)28/h2-3,8-9H,1,4-6H2,(H,21,26,27)/t8-,9?/m0/s1. The smallest absolute Gasteiger partial charge is 0.287 e. The topological polar surface area (TPSA) is 158 Å². The molecule has 4 rings (SSSR count). The molecule has 3 heterocycles. The highest BCUT2D eigenvalue weighted by Gasteiger charge is 2.36. The van der Waals surface area contributed by atoms with E-state index < -0.39 is 35.8 Å². The third-order valence-electron chi connectivity index (χ3n) is 4.79. The molecule has 2 aromatic rings. The van der Waals surface area contributed by atoms with E-state index in [0.717, 1.165) is 17.8 Å². The Hall–Kier alpha value is -3.44. The Balaban J connectivity index is 1.64. The second-order valence-corrected chi connectivity index (χ2v) is 8.05. The molecule has 0 spiro atoms. The van der Waals surface area contributed by atoms with Crippen molar-refractivity contribution < 1.29 is 28.1 Å². The van der Waals surface area contributed by atoms with Crippen molar-refractivity contribution in [3.05, 3.63) is 34.0 Å². The monoisotopic (exact) mass is 432 g/mol. The number of fused-ring (bicyclic) bond motifs is 1. The van der Waals surface area contributed by atoms with Crippen molar-refractivity contribution in [2.24, 2.45) is 11.0 Å². The summed E-state index contributed by atoms with van der Waals surface area (Å²) in [6.45, 7) is 0.304. The summed E-state index contributed by atoms with van der Waals surface area (Å²) in [5, 5.41) is 8.95. The number of carbonyl (C=O) groups excluding carboxylic acids is 4. The number of ketones is 1. The number of benzene rings is 1. The van der Waals surface area contributed by atoms with Crippen LogP contribution in [0.4, 0.5) is 15.0 Å². The van der Waals surface area contributed by atoms with Crippen LogP contribution in [0.3, 0.4) is 0 Å². The number of thioether (sulfide) groups is 1. The zero-order chi connectivity index (χ0) is 21.4. The number of amides is 3. The van der Waals surface area contributed by atoms with Crippen molar-refractivity contribution in [3.63, 3.8) is 0 Å². The second-order valence-electron chi connectivity index (χ2n) is 6.80. The Labute approximate surface area is 171 Å². The molecule has 154 valence electrons. The fourth-order valence-corrected chi connectivity index (χ4v) is 4.35. The summed E-state index contributed by atoms with van der Waals surface area (Å²) in [7, 11) is 0. The molecule has 2 aliphatic heterocycles. The van der Waals surface area contributed by atoms with Gasteiger partial charge in [0.1, 0.15) is 5.92 Å². The van der Waals surface area contributed by atoms with Crippen LogP contribution in [0.1, 0.15) is 12.0 Å². The molecular formula is C17H13FN6O5S. The maximum Gasteiger partial charge on any atom is 0.287 e. The number of nitrogens with zero attached hydrogens (tertiary/aromatic N) is 5. The summed E-state index contributed by atoms with van der Waals surface area (Å²) in [5.41, 5.74) is 8.59. The molecule has 0 bridgehead atoms. The summed E-state index contributed by atoms with van der Waals surface area (Å²) in [4.78, 5) is 51.7. The van der Waals surface area contributed by atoms with Gasteiger partial charge < -0.3 is 4.52 Å². The van der Waals surface area contributed by atoms with E-state index in [0.29, 0.717) is 5.56 Å². The number of hydrogen-bond acceptors (Lipinski definition) is 8. The van der Waals surface area contributed by atoms with Crippen LogP contribution in [0, 0.1) is 11.7 Å². The van der Waals surface area contributed by atoms with Crippen LogP contribution in [-0.2, 0) is 20.8 Å². The van der Waals surface area contributed by atoms with Gasteiger partial charge in [-0.25, -0.2) is 4.39 Å². The number of imide groups is 1. The molecule has 0 aliphatic carbocycles. The number of anilines is 1. The number of nitrogens with one attached hydrogen (secondary N) is 1. The van der Waals surface area contributed by atoms with Gasteiger partial charge in [0.2, 0.25) is 17.4 Å². The van der Waals surface area contributed by atoms with Crippen molar-refractivity contribution in [3.8, 4) is 0 Å². The molecule has 11 nitrogen and oxygen atoms in total. The zero-order valence-electron chi connectivity index (χ0n) is 15.2. The number of hydrogen-bond donors (Lipinski definition) is 1. The first-order valence-corrected chi connectivity index (χ1v) is 9.68. The Morgan fingerprint density at radius 3 is 2.90 bits per heavy atom. The normalized spacial score (nSPS) is 21.8. The van der Waals surface area contributed by atoms with E-state index in [1.165, 1.54) is 11.0 Å².